The number of nitrogens with one attached hydrogen (secondary N) is 1. The fourth-order valence-corrected chi connectivity index (χ4v) is 2.36. The van der Waals surface area contributed by atoms with Crippen molar-refractivity contribution < 1.29 is 13.3 Å². The van der Waals surface area contributed by atoms with Gasteiger partial charge in [-0.05, 0) is 23.8 Å². The van der Waals surface area contributed by atoms with Crippen molar-refractivity contribution in [2.75, 3.05) is 11.6 Å². The van der Waals surface area contributed by atoms with Crippen molar-refractivity contribution in [1.29, 1.82) is 0 Å². The van der Waals surface area contributed by atoms with Crippen LogP contribution in [0.2, 0.25) is 0 Å². The van der Waals surface area contributed by atoms with E-state index in [0.717, 1.165) is 11.8 Å². The fourth-order valence-electron chi connectivity index (χ4n) is 1.73. The third-order valence-electron chi connectivity index (χ3n) is 2.83. The van der Waals surface area contributed by atoms with Crippen molar-refractivity contribution >= 4 is 21.2 Å². The summed E-state index contributed by atoms with van der Waals surface area (Å²) in [6.07, 6.45) is 3.78. The number of sulfone groups is 1. The van der Waals surface area contributed by atoms with E-state index >= 15 is 0 Å². The highest BCUT2D eigenvalue weighted by Gasteiger charge is 2.12. The van der Waals surface area contributed by atoms with E-state index in [9.17, 15) is 18.5 Å². The summed E-state index contributed by atoms with van der Waals surface area (Å²) < 4.78 is 22.7. The van der Waals surface area contributed by atoms with Gasteiger partial charge in [0.15, 0.2) is 9.84 Å². The number of benzene rings is 1. The number of nitrogens with zero attached hydrogens (tertiary/aromatic N) is 2. The van der Waals surface area contributed by atoms with Crippen molar-refractivity contribution in [3.8, 4) is 0 Å². The molecule has 1 aromatic carbocycles. The van der Waals surface area contributed by atoms with Crippen LogP contribution in [0.3, 0.4) is 0 Å². The second-order valence-corrected chi connectivity index (χ2v) is 6.44. The Morgan fingerprint density at radius 3 is 2.48 bits per heavy atom. The number of aromatic nitrogens is 1. The van der Waals surface area contributed by atoms with Crippen LogP contribution < -0.4 is 5.32 Å². The molecule has 0 unspecified atom stereocenters. The Hall–Kier alpha value is -2.48. The molecule has 0 aliphatic carbocycles. The highest BCUT2D eigenvalue weighted by Crippen LogP contribution is 2.22. The predicted octanol–water partition coefficient (Wildman–Crippen LogP) is 2.01. The van der Waals surface area contributed by atoms with E-state index in [4.69, 9.17) is 0 Å². The van der Waals surface area contributed by atoms with Gasteiger partial charge in [0.1, 0.15) is 11.9 Å². The van der Waals surface area contributed by atoms with Crippen LogP contribution in [-0.2, 0) is 16.4 Å². The molecule has 21 heavy (non-hydrogen) atoms. The summed E-state index contributed by atoms with van der Waals surface area (Å²) in [6, 6.07) is 7.86. The summed E-state index contributed by atoms with van der Waals surface area (Å²) in [5.41, 5.74) is 1.07. The maximum atomic E-state index is 11.3. The van der Waals surface area contributed by atoms with Crippen molar-refractivity contribution in [2.45, 2.75) is 11.4 Å². The number of hydrogen-bond acceptors (Lipinski definition) is 6. The lowest BCUT2D eigenvalue weighted by Gasteiger charge is -2.07. The lowest BCUT2D eigenvalue weighted by Crippen LogP contribution is -2.03. The molecule has 0 atom stereocenters. The molecule has 0 bridgehead atoms. The molecule has 110 valence electrons. The molecule has 0 fully saturated rings. The van der Waals surface area contributed by atoms with Crippen molar-refractivity contribution in [3.63, 3.8) is 0 Å². The average molecular weight is 307 g/mol. The molecule has 1 heterocycles. The maximum Gasteiger partial charge on any atom is 0.310 e. The number of hydrogen-bond donors (Lipinski definition) is 1. The van der Waals surface area contributed by atoms with Gasteiger partial charge in [-0.15, -0.1) is 0 Å². The first-order valence-corrected chi connectivity index (χ1v) is 7.88. The number of nitro groups is 1. The van der Waals surface area contributed by atoms with E-state index in [1.165, 1.54) is 30.6 Å². The molecule has 1 aromatic heterocycles. The van der Waals surface area contributed by atoms with Gasteiger partial charge in [0.2, 0.25) is 0 Å². The second-order valence-electron chi connectivity index (χ2n) is 4.42. The Balaban J connectivity index is 2.12. The highest BCUT2D eigenvalue weighted by molar-refractivity contribution is 7.90. The van der Waals surface area contributed by atoms with E-state index < -0.39 is 14.8 Å². The first-order valence-electron chi connectivity index (χ1n) is 5.99. The normalized spacial score (nSPS) is 11.1. The Morgan fingerprint density at radius 1 is 1.24 bits per heavy atom. The molecule has 0 amide bonds. The summed E-state index contributed by atoms with van der Waals surface area (Å²) in [7, 11) is -3.22. The van der Waals surface area contributed by atoms with E-state index in [1.54, 1.807) is 12.1 Å². The van der Waals surface area contributed by atoms with Gasteiger partial charge in [-0.25, -0.2) is 8.42 Å². The van der Waals surface area contributed by atoms with Crippen LogP contribution in [0.5, 0.6) is 0 Å². The van der Waals surface area contributed by atoms with Crippen LogP contribution in [-0.4, -0.2) is 24.6 Å². The second kappa shape index (κ2) is 5.88. The molecular formula is C13H13N3O4S. The van der Waals surface area contributed by atoms with Gasteiger partial charge in [-0.2, -0.15) is 0 Å². The molecule has 2 aromatic rings. The molecule has 0 aliphatic rings. The van der Waals surface area contributed by atoms with E-state index in [1.807, 2.05) is 0 Å². The summed E-state index contributed by atoms with van der Waals surface area (Å²) in [5, 5.41) is 13.8. The minimum atomic E-state index is -3.22. The molecule has 8 heteroatoms. The zero-order valence-electron chi connectivity index (χ0n) is 11.2. The van der Waals surface area contributed by atoms with Crippen LogP contribution in [0.25, 0.3) is 0 Å². The van der Waals surface area contributed by atoms with Gasteiger partial charge in [0.05, 0.1) is 9.82 Å². The zero-order valence-corrected chi connectivity index (χ0v) is 12.0. The fraction of sp³-hybridized carbons (Fsp3) is 0.154. The lowest BCUT2D eigenvalue weighted by atomic mass is 10.2. The SMILES string of the molecule is CS(=O)(=O)c1ccc(CNc2ccncc2[N+](=O)[O-])cc1. The van der Waals surface area contributed by atoms with Crippen LogP contribution in [0.4, 0.5) is 11.4 Å². The Kier molecular flexibility index (Phi) is 4.18. The van der Waals surface area contributed by atoms with Gasteiger partial charge in [0, 0.05) is 19.0 Å². The highest BCUT2D eigenvalue weighted by atomic mass is 32.2. The predicted molar refractivity (Wildman–Crippen MR) is 77.8 cm³/mol. The topological polar surface area (TPSA) is 102 Å². The van der Waals surface area contributed by atoms with Crippen molar-refractivity contribution in [1.82, 2.24) is 4.98 Å². The molecule has 1 N–H and O–H groups in total. The Bertz CT molecular complexity index is 757. The number of anilines is 1. The molecular weight excluding hydrogens is 294 g/mol. The molecule has 0 spiro atoms. The van der Waals surface area contributed by atoms with Gasteiger partial charge < -0.3 is 5.32 Å². The van der Waals surface area contributed by atoms with Gasteiger partial charge in [-0.3, -0.25) is 15.1 Å². The first-order chi connectivity index (χ1) is 9.88. The smallest absolute Gasteiger partial charge is 0.310 e. The van der Waals surface area contributed by atoms with Crippen LogP contribution in [0, 0.1) is 10.1 Å². The minimum Gasteiger partial charge on any atom is -0.375 e. The lowest BCUT2D eigenvalue weighted by molar-refractivity contribution is -0.384. The number of pyridine rings is 1. The first kappa shape index (κ1) is 14.9. The minimum absolute atomic E-state index is 0.106. The summed E-state index contributed by atoms with van der Waals surface area (Å²) in [4.78, 5) is 14.3. The number of rotatable bonds is 5. The van der Waals surface area contributed by atoms with E-state index in [-0.39, 0.29) is 10.6 Å². The van der Waals surface area contributed by atoms with Crippen molar-refractivity contribution in [3.05, 3.63) is 58.4 Å². The van der Waals surface area contributed by atoms with Gasteiger partial charge >= 0.3 is 5.69 Å². The molecule has 0 radical (unpaired) electrons. The van der Waals surface area contributed by atoms with Crippen LogP contribution >= 0.6 is 0 Å². The van der Waals surface area contributed by atoms with E-state index in [0.29, 0.717) is 12.2 Å². The largest absolute Gasteiger partial charge is 0.375 e. The molecule has 0 aliphatic heterocycles. The van der Waals surface area contributed by atoms with Gasteiger partial charge in [-0.1, -0.05) is 12.1 Å². The van der Waals surface area contributed by atoms with Crippen LogP contribution in [0.1, 0.15) is 5.56 Å². The Morgan fingerprint density at radius 2 is 1.90 bits per heavy atom. The molecule has 0 saturated carbocycles. The van der Waals surface area contributed by atoms with Crippen molar-refractivity contribution in [2.24, 2.45) is 0 Å². The van der Waals surface area contributed by atoms with Gasteiger partial charge in [0.25, 0.3) is 0 Å². The third kappa shape index (κ3) is 3.76. The summed E-state index contributed by atoms with van der Waals surface area (Å²) in [5.74, 6) is 0. The monoisotopic (exact) mass is 307 g/mol. The quantitative estimate of drug-likeness (QED) is 0.669. The maximum absolute atomic E-state index is 11.3. The summed E-state index contributed by atoms with van der Waals surface area (Å²) in [6.45, 7) is 0.342. The third-order valence-corrected chi connectivity index (χ3v) is 3.96. The molecule has 0 saturated heterocycles. The zero-order chi connectivity index (χ0) is 15.5. The summed E-state index contributed by atoms with van der Waals surface area (Å²) >= 11 is 0. The van der Waals surface area contributed by atoms with Crippen LogP contribution in [0.15, 0.2) is 47.6 Å². The average Bonchev–Trinajstić information content (AvgIpc) is 2.45. The Labute approximate surface area is 121 Å². The molecule has 2 rings (SSSR count). The standard InChI is InChI=1S/C13H13N3O4S/c1-21(19,20)11-4-2-10(3-5-11)8-15-12-6-7-14-9-13(12)16(17)18/h2-7,9H,8H2,1H3,(H,14,15). The van der Waals surface area contributed by atoms with E-state index in [2.05, 4.69) is 10.3 Å². The molecule has 7 nitrogen and oxygen atoms in total.